The van der Waals surface area contributed by atoms with Crippen LogP contribution in [0.2, 0.25) is 10.3 Å². The fraction of sp³-hybridized carbons (Fsp3) is 0.375. The predicted octanol–water partition coefficient (Wildman–Crippen LogP) is 2.02. The second-order valence-electron chi connectivity index (χ2n) is 2.83. The molecular weight excluding hydrogens is 279 g/mol. The number of ether oxygens (including phenoxy) is 1. The third-order valence-electron chi connectivity index (χ3n) is 1.68. The molecule has 1 aromatic rings. The third-order valence-corrected chi connectivity index (χ3v) is 2.23. The molecule has 0 unspecified atom stereocenters. The summed E-state index contributed by atoms with van der Waals surface area (Å²) in [5.74, 6) is -6.18. The van der Waals surface area contributed by atoms with Gasteiger partial charge in [0.25, 0.3) is 0 Å². The molecule has 0 aliphatic rings. The summed E-state index contributed by atoms with van der Waals surface area (Å²) in [5, 5.41) is -1.39. The van der Waals surface area contributed by atoms with Gasteiger partial charge in [-0.25, -0.2) is 14.8 Å². The van der Waals surface area contributed by atoms with Gasteiger partial charge in [-0.3, -0.25) is 0 Å². The molecule has 5 nitrogen and oxygen atoms in total. The van der Waals surface area contributed by atoms with Gasteiger partial charge < -0.3 is 10.5 Å². The van der Waals surface area contributed by atoms with Gasteiger partial charge in [0.1, 0.15) is 15.9 Å². The molecule has 1 aromatic heterocycles. The molecule has 1 rings (SSSR count). The van der Waals surface area contributed by atoms with E-state index in [0.29, 0.717) is 0 Å². The average Bonchev–Trinajstić information content (AvgIpc) is 2.15. The normalized spacial score (nSPS) is 11.4. The second kappa shape index (κ2) is 4.97. The lowest BCUT2D eigenvalue weighted by atomic mass is 10.2. The molecule has 0 amide bonds. The fourth-order valence-electron chi connectivity index (χ4n) is 1.01. The molecule has 0 saturated heterocycles. The van der Waals surface area contributed by atoms with Gasteiger partial charge >= 0.3 is 11.9 Å². The van der Waals surface area contributed by atoms with Gasteiger partial charge in [-0.2, -0.15) is 8.78 Å². The molecule has 1 heterocycles. The van der Waals surface area contributed by atoms with Crippen LogP contribution in [0, 0.1) is 0 Å². The van der Waals surface area contributed by atoms with E-state index in [9.17, 15) is 13.6 Å². The summed E-state index contributed by atoms with van der Waals surface area (Å²) < 4.78 is 31.5. The Kier molecular flexibility index (Phi) is 4.05. The standard InChI is InChI=1S/C8H7Cl2F2N3O2/c1-2-17-6(16)8(11,12)3-4(9)14-7(13)15-5(3)10/h2H2,1H3,(H2,13,14,15). The summed E-state index contributed by atoms with van der Waals surface area (Å²) in [6.07, 6.45) is 0. The maximum absolute atomic E-state index is 13.6. The van der Waals surface area contributed by atoms with Crippen LogP contribution in [-0.4, -0.2) is 22.5 Å². The summed E-state index contributed by atoms with van der Waals surface area (Å²) in [6.45, 7) is 1.18. The number of rotatable bonds is 3. The number of carbonyl (C=O) groups is 1. The summed E-state index contributed by atoms with van der Waals surface area (Å²) >= 11 is 10.9. The Morgan fingerprint density at radius 1 is 1.41 bits per heavy atom. The Morgan fingerprint density at radius 3 is 2.29 bits per heavy atom. The van der Waals surface area contributed by atoms with Crippen LogP contribution in [0.15, 0.2) is 0 Å². The van der Waals surface area contributed by atoms with Crippen molar-refractivity contribution in [1.82, 2.24) is 9.97 Å². The van der Waals surface area contributed by atoms with E-state index in [1.165, 1.54) is 6.92 Å². The number of nitrogens with zero attached hydrogens (tertiary/aromatic N) is 2. The molecular formula is C8H7Cl2F2N3O2. The van der Waals surface area contributed by atoms with Crippen molar-refractivity contribution in [2.75, 3.05) is 12.3 Å². The smallest absolute Gasteiger partial charge is 0.382 e. The van der Waals surface area contributed by atoms with Crippen molar-refractivity contribution >= 4 is 35.1 Å². The Bertz CT molecular complexity index is 433. The molecule has 0 atom stereocenters. The predicted molar refractivity (Wildman–Crippen MR) is 57.0 cm³/mol. The van der Waals surface area contributed by atoms with Crippen molar-refractivity contribution < 1.29 is 18.3 Å². The first-order valence-corrected chi connectivity index (χ1v) is 5.10. The van der Waals surface area contributed by atoms with E-state index in [-0.39, 0.29) is 12.6 Å². The highest BCUT2D eigenvalue weighted by Crippen LogP contribution is 2.38. The first-order chi connectivity index (χ1) is 7.80. The second-order valence-corrected chi connectivity index (χ2v) is 3.55. The molecule has 0 aliphatic heterocycles. The Morgan fingerprint density at radius 2 is 1.88 bits per heavy atom. The molecule has 0 radical (unpaired) electrons. The lowest BCUT2D eigenvalue weighted by Gasteiger charge is -2.16. The lowest BCUT2D eigenvalue weighted by molar-refractivity contribution is -0.173. The molecule has 0 saturated carbocycles. The molecule has 0 spiro atoms. The van der Waals surface area contributed by atoms with Crippen LogP contribution in [0.3, 0.4) is 0 Å². The average molecular weight is 286 g/mol. The van der Waals surface area contributed by atoms with E-state index in [1.807, 2.05) is 0 Å². The van der Waals surface area contributed by atoms with Gasteiger partial charge in [0, 0.05) is 0 Å². The van der Waals surface area contributed by atoms with Gasteiger partial charge in [0.15, 0.2) is 0 Å². The van der Waals surface area contributed by atoms with Crippen molar-refractivity contribution in [3.8, 4) is 0 Å². The van der Waals surface area contributed by atoms with Gasteiger partial charge in [-0.15, -0.1) is 0 Å². The summed E-state index contributed by atoms with van der Waals surface area (Å²) in [7, 11) is 0. The Balaban J connectivity index is 3.28. The van der Waals surface area contributed by atoms with Gasteiger partial charge in [0.2, 0.25) is 5.95 Å². The van der Waals surface area contributed by atoms with Crippen LogP contribution in [-0.2, 0) is 15.5 Å². The van der Waals surface area contributed by atoms with Crippen LogP contribution in [0.25, 0.3) is 0 Å². The van der Waals surface area contributed by atoms with Gasteiger partial charge in [0.05, 0.1) is 6.61 Å². The van der Waals surface area contributed by atoms with E-state index < -0.39 is 27.8 Å². The molecule has 17 heavy (non-hydrogen) atoms. The fourth-order valence-corrected chi connectivity index (χ4v) is 1.64. The number of alkyl halides is 2. The number of esters is 1. The van der Waals surface area contributed by atoms with Crippen LogP contribution >= 0.6 is 23.2 Å². The number of nitrogen functional groups attached to an aromatic ring is 1. The summed E-state index contributed by atoms with van der Waals surface area (Å²) in [6, 6.07) is 0. The van der Waals surface area contributed by atoms with E-state index in [1.54, 1.807) is 0 Å². The highest BCUT2D eigenvalue weighted by atomic mass is 35.5. The first kappa shape index (κ1) is 13.9. The van der Waals surface area contributed by atoms with E-state index in [2.05, 4.69) is 14.7 Å². The van der Waals surface area contributed by atoms with Crippen molar-refractivity contribution in [1.29, 1.82) is 0 Å². The largest absolute Gasteiger partial charge is 0.461 e. The maximum Gasteiger partial charge on any atom is 0.382 e. The van der Waals surface area contributed by atoms with Crippen LogP contribution in [0.1, 0.15) is 12.5 Å². The van der Waals surface area contributed by atoms with Crippen molar-refractivity contribution in [3.63, 3.8) is 0 Å². The molecule has 0 aromatic carbocycles. The van der Waals surface area contributed by atoms with Crippen LogP contribution < -0.4 is 5.73 Å². The number of halogens is 4. The number of aromatic nitrogens is 2. The number of carbonyl (C=O) groups excluding carboxylic acids is 1. The molecule has 2 N–H and O–H groups in total. The monoisotopic (exact) mass is 285 g/mol. The van der Waals surface area contributed by atoms with E-state index in [0.717, 1.165) is 0 Å². The van der Waals surface area contributed by atoms with Crippen molar-refractivity contribution in [2.24, 2.45) is 0 Å². The van der Waals surface area contributed by atoms with Gasteiger partial charge in [-0.05, 0) is 6.92 Å². The highest BCUT2D eigenvalue weighted by Gasteiger charge is 2.47. The van der Waals surface area contributed by atoms with Gasteiger partial charge in [-0.1, -0.05) is 23.2 Å². The minimum Gasteiger partial charge on any atom is -0.461 e. The zero-order valence-electron chi connectivity index (χ0n) is 8.51. The molecule has 0 aliphatic carbocycles. The number of hydrogen-bond acceptors (Lipinski definition) is 5. The lowest BCUT2D eigenvalue weighted by Crippen LogP contribution is -2.29. The molecule has 9 heteroatoms. The van der Waals surface area contributed by atoms with Crippen molar-refractivity contribution in [2.45, 2.75) is 12.8 Å². The first-order valence-electron chi connectivity index (χ1n) is 4.34. The zero-order valence-corrected chi connectivity index (χ0v) is 10.0. The maximum atomic E-state index is 13.6. The highest BCUT2D eigenvalue weighted by molar-refractivity contribution is 6.35. The van der Waals surface area contributed by atoms with Crippen LogP contribution in [0.5, 0.6) is 0 Å². The third kappa shape index (κ3) is 2.73. The number of nitrogens with two attached hydrogens (primary N) is 1. The van der Waals surface area contributed by atoms with Crippen LogP contribution in [0.4, 0.5) is 14.7 Å². The van der Waals surface area contributed by atoms with E-state index >= 15 is 0 Å². The molecule has 94 valence electrons. The zero-order chi connectivity index (χ0) is 13.2. The minimum absolute atomic E-state index is 0.209. The summed E-state index contributed by atoms with van der Waals surface area (Å²) in [4.78, 5) is 17.7. The van der Waals surface area contributed by atoms with Crippen molar-refractivity contribution in [3.05, 3.63) is 15.9 Å². The van der Waals surface area contributed by atoms with E-state index in [4.69, 9.17) is 28.9 Å². The SMILES string of the molecule is CCOC(=O)C(F)(F)c1c(Cl)nc(N)nc1Cl. The Labute approximate surface area is 105 Å². The quantitative estimate of drug-likeness (QED) is 0.679. The summed E-state index contributed by atoms with van der Waals surface area (Å²) in [5.41, 5.74) is 4.13. The minimum atomic E-state index is -4.03. The molecule has 0 fully saturated rings. The topological polar surface area (TPSA) is 78.1 Å². The Hall–Kier alpha value is -1.21. The number of hydrogen-bond donors (Lipinski definition) is 1. The number of anilines is 1. The molecule has 0 bridgehead atoms.